The highest BCUT2D eigenvalue weighted by atomic mass is 79.9. The summed E-state index contributed by atoms with van der Waals surface area (Å²) < 4.78 is 1.30. The van der Waals surface area contributed by atoms with Crippen LogP contribution in [0, 0.1) is 12.3 Å². The highest BCUT2D eigenvalue weighted by Gasteiger charge is 2.12. The molecule has 0 unspecified atom stereocenters. The van der Waals surface area contributed by atoms with Crippen molar-refractivity contribution in [2.24, 2.45) is 0 Å². The molecule has 60 valence electrons. The fourth-order valence-electron chi connectivity index (χ4n) is 1.14. The minimum absolute atomic E-state index is 0.766. The lowest BCUT2D eigenvalue weighted by atomic mass is 10.1. The van der Waals surface area contributed by atoms with Crippen molar-refractivity contribution in [3.8, 4) is 12.3 Å². The SMILES string of the molecule is C#CCN1CCC(C)=C(Br)C1. The average molecular weight is 214 g/mol. The van der Waals surface area contributed by atoms with Gasteiger partial charge in [0.25, 0.3) is 0 Å². The smallest absolute Gasteiger partial charge is 0.0602 e. The predicted octanol–water partition coefficient (Wildman–Crippen LogP) is 1.99. The first-order valence-electron chi connectivity index (χ1n) is 3.74. The van der Waals surface area contributed by atoms with Crippen molar-refractivity contribution < 1.29 is 0 Å². The third-order valence-electron chi connectivity index (χ3n) is 1.94. The van der Waals surface area contributed by atoms with Crippen LogP contribution in [0.3, 0.4) is 0 Å². The summed E-state index contributed by atoms with van der Waals surface area (Å²) in [5.74, 6) is 2.66. The van der Waals surface area contributed by atoms with Crippen molar-refractivity contribution in [1.82, 2.24) is 4.90 Å². The maximum absolute atomic E-state index is 5.22. The van der Waals surface area contributed by atoms with Crippen LogP contribution >= 0.6 is 15.9 Å². The lowest BCUT2D eigenvalue weighted by Crippen LogP contribution is -2.30. The number of rotatable bonds is 1. The molecule has 1 nitrogen and oxygen atoms in total. The zero-order chi connectivity index (χ0) is 8.27. The molecule has 0 aromatic carbocycles. The summed E-state index contributed by atoms with van der Waals surface area (Å²) in [6, 6.07) is 0. The Morgan fingerprint density at radius 2 is 2.45 bits per heavy atom. The van der Waals surface area contributed by atoms with E-state index in [0.29, 0.717) is 0 Å². The Kier molecular flexibility index (Phi) is 3.16. The summed E-state index contributed by atoms with van der Waals surface area (Å²) in [5.41, 5.74) is 1.46. The van der Waals surface area contributed by atoms with Gasteiger partial charge < -0.3 is 0 Å². The molecular formula is C9H12BrN. The van der Waals surface area contributed by atoms with Gasteiger partial charge in [0.15, 0.2) is 0 Å². The van der Waals surface area contributed by atoms with E-state index in [1.54, 1.807) is 0 Å². The molecule has 11 heavy (non-hydrogen) atoms. The summed E-state index contributed by atoms with van der Waals surface area (Å²) in [4.78, 5) is 2.26. The first-order valence-corrected chi connectivity index (χ1v) is 4.53. The summed E-state index contributed by atoms with van der Waals surface area (Å²) in [5, 5.41) is 0. The van der Waals surface area contributed by atoms with Gasteiger partial charge >= 0.3 is 0 Å². The van der Waals surface area contributed by atoms with E-state index in [-0.39, 0.29) is 0 Å². The predicted molar refractivity (Wildman–Crippen MR) is 51.5 cm³/mol. The van der Waals surface area contributed by atoms with Crippen LogP contribution in [0.25, 0.3) is 0 Å². The van der Waals surface area contributed by atoms with Crippen molar-refractivity contribution in [3.05, 3.63) is 10.1 Å². The number of halogens is 1. The molecule has 1 aliphatic rings. The lowest BCUT2D eigenvalue weighted by Gasteiger charge is -2.25. The fourth-order valence-corrected chi connectivity index (χ4v) is 1.69. The van der Waals surface area contributed by atoms with Crippen molar-refractivity contribution in [1.29, 1.82) is 0 Å². The van der Waals surface area contributed by atoms with Crippen LogP contribution in [0.15, 0.2) is 10.1 Å². The molecule has 0 spiro atoms. The Bertz CT molecular complexity index is 212. The van der Waals surface area contributed by atoms with E-state index < -0.39 is 0 Å². The van der Waals surface area contributed by atoms with Crippen LogP contribution < -0.4 is 0 Å². The summed E-state index contributed by atoms with van der Waals surface area (Å²) in [7, 11) is 0. The Hall–Kier alpha value is -0.260. The second-order valence-corrected chi connectivity index (χ2v) is 3.81. The first kappa shape index (κ1) is 8.83. The van der Waals surface area contributed by atoms with Crippen molar-refractivity contribution in [2.75, 3.05) is 19.6 Å². The van der Waals surface area contributed by atoms with E-state index in [4.69, 9.17) is 6.42 Å². The number of terminal acetylenes is 1. The summed E-state index contributed by atoms with van der Waals surface area (Å²) >= 11 is 3.53. The Morgan fingerprint density at radius 3 is 3.00 bits per heavy atom. The minimum Gasteiger partial charge on any atom is -0.287 e. The quantitative estimate of drug-likeness (QED) is 0.603. The molecule has 0 aliphatic carbocycles. The monoisotopic (exact) mass is 213 g/mol. The highest BCUT2D eigenvalue weighted by Crippen LogP contribution is 2.21. The molecular weight excluding hydrogens is 202 g/mol. The number of hydrogen-bond donors (Lipinski definition) is 0. The van der Waals surface area contributed by atoms with Crippen molar-refractivity contribution in [2.45, 2.75) is 13.3 Å². The first-order chi connectivity index (χ1) is 5.24. The van der Waals surface area contributed by atoms with Gasteiger partial charge in [0.05, 0.1) is 6.54 Å². The van der Waals surface area contributed by atoms with Gasteiger partial charge in [0, 0.05) is 17.6 Å². The Labute approximate surface area is 76.6 Å². The van der Waals surface area contributed by atoms with E-state index in [2.05, 4.69) is 33.7 Å². The van der Waals surface area contributed by atoms with Crippen molar-refractivity contribution >= 4 is 15.9 Å². The standard InChI is InChI=1S/C9H12BrN/c1-3-5-11-6-4-8(2)9(10)7-11/h1H,4-7H2,2H3. The minimum atomic E-state index is 0.766. The van der Waals surface area contributed by atoms with Gasteiger partial charge in [0.1, 0.15) is 0 Å². The van der Waals surface area contributed by atoms with Gasteiger partial charge in [-0.05, 0) is 13.3 Å². The molecule has 0 N–H and O–H groups in total. The molecule has 0 bridgehead atoms. The molecule has 2 heteroatoms. The van der Waals surface area contributed by atoms with Crippen LogP contribution in [-0.2, 0) is 0 Å². The molecule has 0 fully saturated rings. The zero-order valence-electron chi connectivity index (χ0n) is 6.73. The van der Waals surface area contributed by atoms with E-state index >= 15 is 0 Å². The second-order valence-electron chi connectivity index (χ2n) is 2.85. The van der Waals surface area contributed by atoms with Crippen molar-refractivity contribution in [3.63, 3.8) is 0 Å². The number of nitrogens with zero attached hydrogens (tertiary/aromatic N) is 1. The molecule has 0 aromatic rings. The molecule has 0 saturated heterocycles. The maximum atomic E-state index is 5.22. The Morgan fingerprint density at radius 1 is 1.73 bits per heavy atom. The molecule has 0 atom stereocenters. The molecule has 0 saturated carbocycles. The van der Waals surface area contributed by atoms with Gasteiger partial charge in [-0.3, -0.25) is 4.90 Å². The largest absolute Gasteiger partial charge is 0.287 e. The van der Waals surface area contributed by atoms with Crippen LogP contribution in [0.2, 0.25) is 0 Å². The van der Waals surface area contributed by atoms with Gasteiger partial charge in [-0.15, -0.1) is 6.42 Å². The lowest BCUT2D eigenvalue weighted by molar-refractivity contribution is 0.328. The molecule has 1 rings (SSSR count). The van der Waals surface area contributed by atoms with Crippen LogP contribution in [0.4, 0.5) is 0 Å². The van der Waals surface area contributed by atoms with Gasteiger partial charge in [0.2, 0.25) is 0 Å². The third kappa shape index (κ3) is 2.36. The maximum Gasteiger partial charge on any atom is 0.0602 e. The fraction of sp³-hybridized carbons (Fsp3) is 0.556. The van der Waals surface area contributed by atoms with E-state index in [9.17, 15) is 0 Å². The summed E-state index contributed by atoms with van der Waals surface area (Å²) in [6.45, 7) is 5.01. The molecule has 1 aliphatic heterocycles. The zero-order valence-corrected chi connectivity index (χ0v) is 8.32. The van der Waals surface area contributed by atoms with Crippen LogP contribution in [-0.4, -0.2) is 24.5 Å². The third-order valence-corrected chi connectivity index (χ3v) is 2.87. The van der Waals surface area contributed by atoms with E-state index in [1.807, 2.05) is 0 Å². The van der Waals surface area contributed by atoms with Gasteiger partial charge in [-0.25, -0.2) is 0 Å². The van der Waals surface area contributed by atoms with Gasteiger partial charge in [-0.1, -0.05) is 27.4 Å². The normalized spacial score (nSPS) is 20.1. The Balaban J connectivity index is 2.52. The molecule has 0 aromatic heterocycles. The molecule has 0 amide bonds. The topological polar surface area (TPSA) is 3.24 Å². The van der Waals surface area contributed by atoms with Gasteiger partial charge in [-0.2, -0.15) is 0 Å². The van der Waals surface area contributed by atoms with E-state index in [1.165, 1.54) is 10.1 Å². The van der Waals surface area contributed by atoms with Crippen LogP contribution in [0.5, 0.6) is 0 Å². The van der Waals surface area contributed by atoms with E-state index in [0.717, 1.165) is 26.1 Å². The second kappa shape index (κ2) is 3.94. The molecule has 1 heterocycles. The summed E-state index contributed by atoms with van der Waals surface area (Å²) in [6.07, 6.45) is 6.36. The number of hydrogen-bond acceptors (Lipinski definition) is 1. The highest BCUT2D eigenvalue weighted by molar-refractivity contribution is 9.11. The molecule has 0 radical (unpaired) electrons. The average Bonchev–Trinajstić information content (AvgIpc) is 1.98. The van der Waals surface area contributed by atoms with Crippen LogP contribution in [0.1, 0.15) is 13.3 Å².